The van der Waals surface area contributed by atoms with E-state index in [1.807, 2.05) is 0 Å². The van der Waals surface area contributed by atoms with Crippen LogP contribution in [0.3, 0.4) is 0 Å². The van der Waals surface area contributed by atoms with Crippen LogP contribution in [0.2, 0.25) is 0 Å². The number of anilines is 1. The summed E-state index contributed by atoms with van der Waals surface area (Å²) in [6.45, 7) is 2.46. The fraction of sp³-hybridized carbons (Fsp3) is 0.583. The summed E-state index contributed by atoms with van der Waals surface area (Å²) in [5, 5.41) is 0. The molecule has 0 radical (unpaired) electrons. The standard InChI is InChI=1S/C12H19FN5O4P/c1-8(2)22-23(19,20)7-21-9(3-13)4-18-6-17-10-11(14)15-5-16-12(10)18/h5-6,8-9H,3-4,7H2,1-2H3,(H,19,20)(H2,14,15,16). The zero-order chi connectivity index (χ0) is 17.0. The Kier molecular flexibility index (Phi) is 5.64. The summed E-state index contributed by atoms with van der Waals surface area (Å²) in [5.74, 6) is 0.219. The van der Waals surface area contributed by atoms with Crippen molar-refractivity contribution in [2.75, 3.05) is 18.8 Å². The molecule has 128 valence electrons. The minimum Gasteiger partial charge on any atom is -0.382 e. The van der Waals surface area contributed by atoms with Gasteiger partial charge in [-0.2, -0.15) is 0 Å². The van der Waals surface area contributed by atoms with Gasteiger partial charge in [0.25, 0.3) is 0 Å². The van der Waals surface area contributed by atoms with E-state index in [9.17, 15) is 13.8 Å². The van der Waals surface area contributed by atoms with E-state index < -0.39 is 32.8 Å². The van der Waals surface area contributed by atoms with Gasteiger partial charge in [0.05, 0.1) is 19.0 Å². The third kappa shape index (κ3) is 4.68. The molecule has 2 unspecified atom stereocenters. The Hall–Kier alpha value is -1.61. The average molecular weight is 347 g/mol. The second-order valence-electron chi connectivity index (χ2n) is 5.19. The number of aromatic nitrogens is 4. The molecule has 0 saturated heterocycles. The first-order valence-electron chi connectivity index (χ1n) is 6.91. The van der Waals surface area contributed by atoms with Crippen molar-refractivity contribution < 1.29 is 23.1 Å². The summed E-state index contributed by atoms with van der Waals surface area (Å²) in [6, 6.07) is 0. The molecule has 2 aromatic heterocycles. The zero-order valence-corrected chi connectivity index (χ0v) is 13.7. The highest BCUT2D eigenvalue weighted by atomic mass is 31.2. The molecule has 0 spiro atoms. The van der Waals surface area contributed by atoms with Gasteiger partial charge in [0.15, 0.2) is 11.5 Å². The molecule has 0 amide bonds. The summed E-state index contributed by atoms with van der Waals surface area (Å²) in [6.07, 6.45) is 0.740. The number of nitrogens with zero attached hydrogens (tertiary/aromatic N) is 4. The highest BCUT2D eigenvalue weighted by molar-refractivity contribution is 7.52. The number of nitrogens with two attached hydrogens (primary N) is 1. The predicted octanol–water partition coefficient (Wildman–Crippen LogP) is 1.33. The number of alkyl halides is 1. The number of rotatable bonds is 8. The maximum Gasteiger partial charge on any atom is 0.353 e. The van der Waals surface area contributed by atoms with Crippen LogP contribution in [0.1, 0.15) is 13.8 Å². The summed E-state index contributed by atoms with van der Waals surface area (Å²) in [7, 11) is -3.92. The number of halogens is 1. The van der Waals surface area contributed by atoms with Gasteiger partial charge in [0.1, 0.15) is 31.0 Å². The number of imidazole rings is 1. The lowest BCUT2D eigenvalue weighted by atomic mass is 10.4. The van der Waals surface area contributed by atoms with E-state index in [-0.39, 0.29) is 12.4 Å². The third-order valence-corrected chi connectivity index (χ3v) is 4.08. The van der Waals surface area contributed by atoms with Crippen molar-refractivity contribution in [2.45, 2.75) is 32.6 Å². The Balaban J connectivity index is 2.04. The van der Waals surface area contributed by atoms with E-state index in [1.54, 1.807) is 18.4 Å². The second kappa shape index (κ2) is 7.31. The van der Waals surface area contributed by atoms with E-state index >= 15 is 0 Å². The number of nitrogen functional groups attached to an aromatic ring is 1. The molecule has 2 rings (SSSR count). The molecule has 2 aromatic rings. The summed E-state index contributed by atoms with van der Waals surface area (Å²) < 4.78 is 36.5. The predicted molar refractivity (Wildman–Crippen MR) is 81.5 cm³/mol. The van der Waals surface area contributed by atoms with Crippen LogP contribution in [0, 0.1) is 0 Å². The second-order valence-corrected chi connectivity index (χ2v) is 6.94. The van der Waals surface area contributed by atoms with E-state index in [4.69, 9.17) is 15.0 Å². The van der Waals surface area contributed by atoms with Crippen molar-refractivity contribution in [1.82, 2.24) is 19.5 Å². The number of hydrogen-bond donors (Lipinski definition) is 2. The maximum absolute atomic E-state index is 13.1. The Bertz CT molecular complexity index is 710. The van der Waals surface area contributed by atoms with Gasteiger partial charge in [-0.25, -0.2) is 19.3 Å². The minimum absolute atomic E-state index is 0.0606. The van der Waals surface area contributed by atoms with E-state index in [0.29, 0.717) is 11.2 Å². The smallest absolute Gasteiger partial charge is 0.353 e. The summed E-state index contributed by atoms with van der Waals surface area (Å²) in [5.41, 5.74) is 6.52. The monoisotopic (exact) mass is 347 g/mol. The maximum atomic E-state index is 13.1. The van der Waals surface area contributed by atoms with Crippen molar-refractivity contribution in [3.8, 4) is 0 Å². The van der Waals surface area contributed by atoms with Crippen LogP contribution in [0.5, 0.6) is 0 Å². The molecule has 0 bridgehead atoms. The van der Waals surface area contributed by atoms with Crippen molar-refractivity contribution in [3.63, 3.8) is 0 Å². The van der Waals surface area contributed by atoms with Crippen LogP contribution in [-0.2, 0) is 20.4 Å². The van der Waals surface area contributed by atoms with E-state index in [2.05, 4.69) is 15.0 Å². The third-order valence-electron chi connectivity index (χ3n) is 2.85. The molecule has 9 nitrogen and oxygen atoms in total. The van der Waals surface area contributed by atoms with Crippen molar-refractivity contribution in [2.24, 2.45) is 0 Å². The van der Waals surface area contributed by atoms with Crippen molar-refractivity contribution >= 4 is 24.6 Å². The Morgan fingerprint density at radius 2 is 2.17 bits per heavy atom. The molecule has 0 aliphatic heterocycles. The lowest BCUT2D eigenvalue weighted by Gasteiger charge is -2.19. The average Bonchev–Trinajstić information content (AvgIpc) is 2.86. The van der Waals surface area contributed by atoms with Gasteiger partial charge < -0.3 is 24.5 Å². The quantitative estimate of drug-likeness (QED) is 0.685. The van der Waals surface area contributed by atoms with Gasteiger partial charge in [0.2, 0.25) is 0 Å². The molecule has 2 heterocycles. The lowest BCUT2D eigenvalue weighted by Crippen LogP contribution is -2.23. The Morgan fingerprint density at radius 1 is 1.43 bits per heavy atom. The first-order chi connectivity index (χ1) is 10.8. The molecule has 2 atom stereocenters. The Morgan fingerprint density at radius 3 is 2.83 bits per heavy atom. The highest BCUT2D eigenvalue weighted by Gasteiger charge is 2.24. The topological polar surface area (TPSA) is 125 Å². The fourth-order valence-electron chi connectivity index (χ4n) is 1.96. The number of hydrogen-bond acceptors (Lipinski definition) is 7. The highest BCUT2D eigenvalue weighted by Crippen LogP contribution is 2.43. The molecule has 23 heavy (non-hydrogen) atoms. The van der Waals surface area contributed by atoms with Gasteiger partial charge in [0, 0.05) is 0 Å². The molecular weight excluding hydrogens is 328 g/mol. The van der Waals surface area contributed by atoms with Crippen molar-refractivity contribution in [3.05, 3.63) is 12.7 Å². The molecule has 0 saturated carbocycles. The summed E-state index contributed by atoms with van der Waals surface area (Å²) >= 11 is 0. The van der Waals surface area contributed by atoms with Gasteiger partial charge in [-0.05, 0) is 13.8 Å². The first kappa shape index (κ1) is 17.7. The summed E-state index contributed by atoms with van der Waals surface area (Å²) in [4.78, 5) is 21.5. The van der Waals surface area contributed by atoms with Gasteiger partial charge in [-0.1, -0.05) is 0 Å². The van der Waals surface area contributed by atoms with Crippen LogP contribution in [0.15, 0.2) is 12.7 Å². The molecular formula is C12H19FN5O4P. The first-order valence-corrected chi connectivity index (χ1v) is 8.67. The van der Waals surface area contributed by atoms with E-state index in [1.165, 1.54) is 12.7 Å². The van der Waals surface area contributed by atoms with Crippen LogP contribution in [0.25, 0.3) is 11.2 Å². The van der Waals surface area contributed by atoms with Crippen LogP contribution < -0.4 is 5.73 Å². The van der Waals surface area contributed by atoms with Gasteiger partial charge in [-0.3, -0.25) is 4.57 Å². The number of ether oxygens (including phenoxy) is 1. The Labute approximate surface area is 132 Å². The van der Waals surface area contributed by atoms with Gasteiger partial charge >= 0.3 is 7.60 Å². The van der Waals surface area contributed by atoms with Crippen molar-refractivity contribution in [1.29, 1.82) is 0 Å². The zero-order valence-electron chi connectivity index (χ0n) is 12.8. The minimum atomic E-state index is -3.92. The van der Waals surface area contributed by atoms with Crippen LogP contribution in [0.4, 0.5) is 10.2 Å². The molecule has 11 heteroatoms. The van der Waals surface area contributed by atoms with Crippen LogP contribution >= 0.6 is 7.60 Å². The molecule has 0 aliphatic rings. The van der Waals surface area contributed by atoms with E-state index in [0.717, 1.165) is 0 Å². The molecule has 0 aliphatic carbocycles. The largest absolute Gasteiger partial charge is 0.382 e. The lowest BCUT2D eigenvalue weighted by molar-refractivity contribution is 0.0390. The SMILES string of the molecule is CC(C)OP(=O)(O)COC(CF)Cn1cnc2c(N)ncnc21. The normalized spacial score (nSPS) is 15.9. The molecule has 3 N–H and O–H groups in total. The van der Waals surface area contributed by atoms with Crippen LogP contribution in [-0.4, -0.2) is 49.6 Å². The molecule has 0 fully saturated rings. The number of fused-ring (bicyclic) bond motifs is 1. The van der Waals surface area contributed by atoms with Gasteiger partial charge in [-0.15, -0.1) is 0 Å². The fourth-order valence-corrected chi connectivity index (χ4v) is 3.08. The molecule has 0 aromatic carbocycles.